The van der Waals surface area contributed by atoms with Gasteiger partial charge in [-0.3, -0.25) is 4.79 Å². The van der Waals surface area contributed by atoms with E-state index in [1.165, 1.54) is 12.0 Å². The molecule has 1 aromatic rings. The van der Waals surface area contributed by atoms with Crippen molar-refractivity contribution in [3.8, 4) is 5.75 Å². The maximum atomic E-state index is 11.0. The Labute approximate surface area is 141 Å². The fraction of sp³-hybridized carbons (Fsp3) is 0.650. The van der Waals surface area contributed by atoms with Crippen LogP contribution in [0.2, 0.25) is 0 Å². The molecule has 0 spiro atoms. The van der Waals surface area contributed by atoms with Gasteiger partial charge in [0.05, 0.1) is 12.5 Å². The van der Waals surface area contributed by atoms with Gasteiger partial charge in [0.15, 0.2) is 0 Å². The van der Waals surface area contributed by atoms with Gasteiger partial charge < -0.3 is 9.84 Å². The quantitative estimate of drug-likeness (QED) is 0.771. The van der Waals surface area contributed by atoms with Gasteiger partial charge in [0.2, 0.25) is 0 Å². The average molecular weight is 320 g/mol. The molecule has 1 saturated carbocycles. The summed E-state index contributed by atoms with van der Waals surface area (Å²) < 4.78 is 5.81. The lowest BCUT2D eigenvalue weighted by Gasteiger charge is -2.26. The summed E-state index contributed by atoms with van der Waals surface area (Å²) in [5.41, 5.74) is 1.34. The lowest BCUT2D eigenvalue weighted by molar-refractivity contribution is -0.143. The molecule has 1 aliphatic rings. The second kappa shape index (κ2) is 11.1. The molecule has 0 unspecified atom stereocenters. The van der Waals surface area contributed by atoms with Crippen LogP contribution in [-0.4, -0.2) is 17.7 Å². The van der Waals surface area contributed by atoms with E-state index >= 15 is 0 Å². The minimum absolute atomic E-state index is 0.177. The molecule has 0 aliphatic heterocycles. The second-order valence-corrected chi connectivity index (χ2v) is 6.48. The molecular formula is C20H32O3. The van der Waals surface area contributed by atoms with E-state index in [0.29, 0.717) is 12.5 Å². The SMILES string of the molecule is CCC.CCCc1ccc(OC[C@@H]2CCC[C@H](C(=O)O)C2)cc1. The Morgan fingerprint density at radius 1 is 1.17 bits per heavy atom. The van der Waals surface area contributed by atoms with Crippen molar-refractivity contribution in [1.29, 1.82) is 0 Å². The number of hydrogen-bond donors (Lipinski definition) is 1. The summed E-state index contributed by atoms with van der Waals surface area (Å²) >= 11 is 0. The molecule has 1 fully saturated rings. The van der Waals surface area contributed by atoms with Crippen LogP contribution in [0.15, 0.2) is 24.3 Å². The first-order chi connectivity index (χ1) is 11.1. The average Bonchev–Trinajstić information content (AvgIpc) is 2.55. The van der Waals surface area contributed by atoms with E-state index in [2.05, 4.69) is 32.9 Å². The van der Waals surface area contributed by atoms with E-state index in [1.54, 1.807) is 0 Å². The molecule has 0 bridgehead atoms. The van der Waals surface area contributed by atoms with Gasteiger partial charge in [0.25, 0.3) is 0 Å². The van der Waals surface area contributed by atoms with Crippen molar-refractivity contribution < 1.29 is 14.6 Å². The Morgan fingerprint density at radius 2 is 1.83 bits per heavy atom. The number of hydrogen-bond acceptors (Lipinski definition) is 2. The monoisotopic (exact) mass is 320 g/mol. The first-order valence-corrected chi connectivity index (χ1v) is 9.05. The maximum Gasteiger partial charge on any atom is 0.306 e. The van der Waals surface area contributed by atoms with Crippen LogP contribution in [-0.2, 0) is 11.2 Å². The Morgan fingerprint density at radius 3 is 2.39 bits per heavy atom. The highest BCUT2D eigenvalue weighted by molar-refractivity contribution is 5.70. The number of carboxylic acid groups (broad SMARTS) is 1. The highest BCUT2D eigenvalue weighted by atomic mass is 16.5. The van der Waals surface area contributed by atoms with E-state index in [9.17, 15) is 4.79 Å². The van der Waals surface area contributed by atoms with Gasteiger partial charge in [0.1, 0.15) is 5.75 Å². The van der Waals surface area contributed by atoms with E-state index in [0.717, 1.165) is 44.3 Å². The first kappa shape index (κ1) is 19.5. The summed E-state index contributed by atoms with van der Waals surface area (Å²) in [5, 5.41) is 9.08. The number of ether oxygens (including phenoxy) is 1. The Hall–Kier alpha value is -1.51. The van der Waals surface area contributed by atoms with Crippen molar-refractivity contribution in [2.75, 3.05) is 6.61 Å². The van der Waals surface area contributed by atoms with Gasteiger partial charge in [0, 0.05) is 0 Å². The fourth-order valence-electron chi connectivity index (χ4n) is 2.92. The molecule has 0 radical (unpaired) electrons. The molecule has 3 heteroatoms. The molecule has 0 heterocycles. The number of carbonyl (C=O) groups is 1. The van der Waals surface area contributed by atoms with E-state index in [4.69, 9.17) is 9.84 Å². The second-order valence-electron chi connectivity index (χ2n) is 6.48. The molecule has 0 saturated heterocycles. The van der Waals surface area contributed by atoms with Crippen LogP contribution in [0.4, 0.5) is 0 Å². The highest BCUT2D eigenvalue weighted by Crippen LogP contribution is 2.29. The third-order valence-corrected chi connectivity index (χ3v) is 4.08. The molecule has 2 atom stereocenters. The van der Waals surface area contributed by atoms with Crippen molar-refractivity contribution in [3.63, 3.8) is 0 Å². The maximum absolute atomic E-state index is 11.0. The first-order valence-electron chi connectivity index (χ1n) is 9.05. The smallest absolute Gasteiger partial charge is 0.306 e. The van der Waals surface area contributed by atoms with Crippen LogP contribution < -0.4 is 4.74 Å². The summed E-state index contributed by atoms with van der Waals surface area (Å²) in [7, 11) is 0. The zero-order valence-corrected chi connectivity index (χ0v) is 14.9. The number of aryl methyl sites for hydroxylation is 1. The predicted octanol–water partition coefficient (Wildman–Crippen LogP) is 5.33. The van der Waals surface area contributed by atoms with E-state index in [-0.39, 0.29) is 5.92 Å². The van der Waals surface area contributed by atoms with Crippen LogP contribution in [0.3, 0.4) is 0 Å². The lowest BCUT2D eigenvalue weighted by atomic mass is 9.82. The van der Waals surface area contributed by atoms with Gasteiger partial charge in [-0.2, -0.15) is 0 Å². The van der Waals surface area contributed by atoms with Gasteiger partial charge in [-0.1, -0.05) is 52.2 Å². The van der Waals surface area contributed by atoms with E-state index in [1.807, 2.05) is 12.1 Å². The molecule has 2 rings (SSSR count). The topological polar surface area (TPSA) is 46.5 Å². The van der Waals surface area contributed by atoms with Crippen LogP contribution in [0.25, 0.3) is 0 Å². The number of benzene rings is 1. The highest BCUT2D eigenvalue weighted by Gasteiger charge is 2.27. The molecule has 3 nitrogen and oxygen atoms in total. The number of carboxylic acids is 1. The Balaban J connectivity index is 0.000000816. The minimum Gasteiger partial charge on any atom is -0.493 e. The van der Waals surface area contributed by atoms with Crippen LogP contribution >= 0.6 is 0 Å². The van der Waals surface area contributed by atoms with Crippen LogP contribution in [0.1, 0.15) is 64.9 Å². The lowest BCUT2D eigenvalue weighted by Crippen LogP contribution is -2.25. The van der Waals surface area contributed by atoms with Crippen LogP contribution in [0, 0.1) is 11.8 Å². The largest absolute Gasteiger partial charge is 0.493 e. The molecular weight excluding hydrogens is 288 g/mol. The van der Waals surface area contributed by atoms with E-state index < -0.39 is 5.97 Å². The van der Waals surface area contributed by atoms with Crippen molar-refractivity contribution >= 4 is 5.97 Å². The zero-order valence-electron chi connectivity index (χ0n) is 14.9. The molecule has 1 aliphatic carbocycles. The Kier molecular flexibility index (Phi) is 9.42. The molecule has 130 valence electrons. The molecule has 23 heavy (non-hydrogen) atoms. The van der Waals surface area contributed by atoms with Gasteiger partial charge in [-0.25, -0.2) is 0 Å². The summed E-state index contributed by atoms with van der Waals surface area (Å²) in [4.78, 5) is 11.0. The summed E-state index contributed by atoms with van der Waals surface area (Å²) in [5.74, 6) is 0.436. The predicted molar refractivity (Wildman–Crippen MR) is 95.0 cm³/mol. The van der Waals surface area contributed by atoms with Crippen molar-refractivity contribution in [2.45, 2.75) is 65.7 Å². The fourth-order valence-corrected chi connectivity index (χ4v) is 2.92. The van der Waals surface area contributed by atoms with Crippen molar-refractivity contribution in [1.82, 2.24) is 0 Å². The number of rotatable bonds is 6. The standard InChI is InChI=1S/C17H24O3.C3H8/c1-2-4-13-7-9-16(10-8-13)20-12-14-5-3-6-15(11-14)17(18)19;1-3-2/h7-10,14-15H,2-6,11-12H2,1H3,(H,18,19);3H2,1-2H3/t14-,15+;/m1./s1. The Bertz CT molecular complexity index is 439. The zero-order chi connectivity index (χ0) is 17.1. The van der Waals surface area contributed by atoms with Gasteiger partial charge >= 0.3 is 5.97 Å². The van der Waals surface area contributed by atoms with Crippen LogP contribution in [0.5, 0.6) is 5.75 Å². The number of aliphatic carboxylic acids is 1. The minimum atomic E-state index is -0.654. The van der Waals surface area contributed by atoms with Gasteiger partial charge in [-0.05, 0) is 49.3 Å². The normalized spacial score (nSPS) is 20.3. The molecule has 0 aromatic heterocycles. The molecule has 1 aromatic carbocycles. The summed E-state index contributed by atoms with van der Waals surface area (Å²) in [6, 6.07) is 8.25. The molecule has 0 amide bonds. The third-order valence-electron chi connectivity index (χ3n) is 4.08. The summed E-state index contributed by atoms with van der Waals surface area (Å²) in [6.45, 7) is 7.06. The van der Waals surface area contributed by atoms with Crippen molar-refractivity contribution in [3.05, 3.63) is 29.8 Å². The van der Waals surface area contributed by atoms with Gasteiger partial charge in [-0.15, -0.1) is 0 Å². The molecule has 1 N–H and O–H groups in total. The third kappa shape index (κ3) is 7.54. The van der Waals surface area contributed by atoms with Crippen molar-refractivity contribution in [2.24, 2.45) is 11.8 Å². The summed E-state index contributed by atoms with van der Waals surface area (Å²) in [6.07, 6.45) is 7.15.